The van der Waals surface area contributed by atoms with Gasteiger partial charge in [0.15, 0.2) is 5.54 Å². The lowest BCUT2D eigenvalue weighted by Crippen LogP contribution is -2.46. The molecule has 0 spiro atoms. The molecule has 2 aromatic rings. The molecule has 198 valence electrons. The number of carbonyl (C=O) groups excluding carboxylic acids is 3. The fourth-order valence-corrected chi connectivity index (χ4v) is 3.90. The fraction of sp³-hybridized carbons (Fsp3) is 0.379. The Bertz CT molecular complexity index is 1170. The van der Waals surface area contributed by atoms with Crippen molar-refractivity contribution in [2.75, 3.05) is 7.11 Å². The molecule has 1 heterocycles. The van der Waals surface area contributed by atoms with Crippen LogP contribution in [0.3, 0.4) is 0 Å². The Kier molecular flexibility index (Phi) is 9.77. The third-order valence-corrected chi connectivity index (χ3v) is 5.26. The molecule has 2 aromatic carbocycles. The summed E-state index contributed by atoms with van der Waals surface area (Å²) in [5, 5.41) is 2.66. The van der Waals surface area contributed by atoms with Gasteiger partial charge in [0.1, 0.15) is 5.60 Å². The summed E-state index contributed by atoms with van der Waals surface area (Å²) in [7, 11) is 1.31. The van der Waals surface area contributed by atoms with Gasteiger partial charge in [0, 0.05) is 6.42 Å². The van der Waals surface area contributed by atoms with Gasteiger partial charge >= 0.3 is 12.1 Å². The van der Waals surface area contributed by atoms with Gasteiger partial charge in [-0.25, -0.2) is 14.6 Å². The molecule has 8 heteroatoms. The largest absolute Gasteiger partial charge is 0.465 e. The van der Waals surface area contributed by atoms with Crippen molar-refractivity contribution in [3.8, 4) is 0 Å². The lowest BCUT2D eigenvalue weighted by atomic mass is 9.84. The Labute approximate surface area is 219 Å². The molecule has 1 aliphatic heterocycles. The number of ether oxygens (including phenoxy) is 2. The minimum Gasteiger partial charge on any atom is -0.465 e. The Morgan fingerprint density at radius 2 is 1.73 bits per heavy atom. The zero-order valence-corrected chi connectivity index (χ0v) is 22.8. The summed E-state index contributed by atoms with van der Waals surface area (Å²) in [6.45, 7) is 15.2. The summed E-state index contributed by atoms with van der Waals surface area (Å²) < 4.78 is 10.2. The van der Waals surface area contributed by atoms with E-state index in [9.17, 15) is 14.4 Å². The van der Waals surface area contributed by atoms with E-state index < -0.39 is 23.2 Å². The first-order valence-electron chi connectivity index (χ1n) is 12.2. The molecule has 0 fully saturated rings. The van der Waals surface area contributed by atoms with Crippen LogP contribution in [0.1, 0.15) is 69.4 Å². The van der Waals surface area contributed by atoms with Gasteiger partial charge in [-0.05, 0) is 51.0 Å². The van der Waals surface area contributed by atoms with Gasteiger partial charge in [0.25, 0.3) is 5.91 Å². The lowest BCUT2D eigenvalue weighted by molar-refractivity contribution is -0.132. The van der Waals surface area contributed by atoms with Crippen molar-refractivity contribution in [2.45, 2.75) is 65.6 Å². The van der Waals surface area contributed by atoms with Crippen molar-refractivity contribution in [3.05, 3.63) is 83.4 Å². The number of amides is 2. The number of alkyl carbamates (subject to hydrolysis) is 1. The van der Waals surface area contributed by atoms with E-state index in [1.807, 2.05) is 51.1 Å². The fourth-order valence-electron chi connectivity index (χ4n) is 3.90. The second-order valence-electron chi connectivity index (χ2n) is 9.51. The first-order chi connectivity index (χ1) is 17.4. The van der Waals surface area contributed by atoms with Crippen molar-refractivity contribution in [2.24, 2.45) is 4.99 Å². The smallest absolute Gasteiger partial charge is 0.414 e. The third kappa shape index (κ3) is 7.29. The van der Waals surface area contributed by atoms with E-state index in [0.29, 0.717) is 16.7 Å². The Hall–Kier alpha value is -3.94. The Morgan fingerprint density at radius 3 is 2.30 bits per heavy atom. The van der Waals surface area contributed by atoms with Crippen LogP contribution < -0.4 is 5.32 Å². The quantitative estimate of drug-likeness (QED) is 0.406. The van der Waals surface area contributed by atoms with Crippen molar-refractivity contribution >= 4 is 23.9 Å². The second kappa shape index (κ2) is 12.3. The molecule has 0 aliphatic carbocycles. The van der Waals surface area contributed by atoms with Crippen molar-refractivity contribution in [1.82, 2.24) is 10.2 Å². The van der Waals surface area contributed by atoms with E-state index in [-0.39, 0.29) is 24.8 Å². The van der Waals surface area contributed by atoms with Gasteiger partial charge in [0.05, 0.1) is 19.2 Å². The van der Waals surface area contributed by atoms with Crippen LogP contribution in [0.5, 0.6) is 0 Å². The minimum atomic E-state index is -1.29. The molecule has 0 bridgehead atoms. The molecule has 0 aromatic heterocycles. The zero-order valence-electron chi connectivity index (χ0n) is 22.8. The van der Waals surface area contributed by atoms with E-state index >= 15 is 0 Å². The summed E-state index contributed by atoms with van der Waals surface area (Å²) >= 11 is 0. The van der Waals surface area contributed by atoms with Gasteiger partial charge in [-0.15, -0.1) is 6.58 Å². The van der Waals surface area contributed by atoms with Gasteiger partial charge in [-0.2, -0.15) is 0 Å². The number of nitrogens with zero attached hydrogens (tertiary/aromatic N) is 2. The molecule has 1 atom stereocenters. The average Bonchev–Trinajstić information content (AvgIpc) is 3.10. The minimum absolute atomic E-state index is 0.0674. The molecule has 0 saturated carbocycles. The monoisotopic (exact) mass is 507 g/mol. The highest BCUT2D eigenvalue weighted by molar-refractivity contribution is 6.11. The molecule has 3 rings (SSSR count). The maximum absolute atomic E-state index is 14.0. The second-order valence-corrected chi connectivity index (χ2v) is 9.51. The summed E-state index contributed by atoms with van der Waals surface area (Å²) in [4.78, 5) is 44.8. The number of guanidine groups is 1. The topological polar surface area (TPSA) is 97.3 Å². The molecule has 0 radical (unpaired) electrons. The SMILES string of the molecule is C=C(C)CC1(c2ccccc2)N=C(NC(=O)OC(C)(C)C)N(Cc2cccc(C(=O)OC)c2)C1=O.CC. The van der Waals surface area contributed by atoms with Crippen LogP contribution in [0.4, 0.5) is 4.79 Å². The molecule has 1 unspecified atom stereocenters. The summed E-state index contributed by atoms with van der Waals surface area (Å²) in [5.74, 6) is -0.736. The van der Waals surface area contributed by atoms with Crippen LogP contribution in [-0.4, -0.2) is 41.5 Å². The lowest BCUT2D eigenvalue weighted by Gasteiger charge is -2.27. The highest BCUT2D eigenvalue weighted by Crippen LogP contribution is 2.39. The number of esters is 1. The van der Waals surface area contributed by atoms with Gasteiger partial charge in [0.2, 0.25) is 5.96 Å². The first-order valence-corrected chi connectivity index (χ1v) is 12.2. The Morgan fingerprint density at radius 1 is 1.08 bits per heavy atom. The normalized spacial score (nSPS) is 16.8. The van der Waals surface area contributed by atoms with E-state index in [1.165, 1.54) is 12.0 Å². The number of benzene rings is 2. The highest BCUT2D eigenvalue weighted by atomic mass is 16.6. The van der Waals surface area contributed by atoms with Gasteiger partial charge in [-0.1, -0.05) is 61.9 Å². The van der Waals surface area contributed by atoms with Crippen LogP contribution in [0, 0.1) is 0 Å². The van der Waals surface area contributed by atoms with Gasteiger partial charge in [-0.3, -0.25) is 15.0 Å². The predicted molar refractivity (Wildman–Crippen MR) is 144 cm³/mol. The number of hydrogen-bond acceptors (Lipinski definition) is 6. The molecule has 2 amide bonds. The number of nitrogens with one attached hydrogen (secondary N) is 1. The van der Waals surface area contributed by atoms with Crippen molar-refractivity contribution in [3.63, 3.8) is 0 Å². The molecule has 1 N–H and O–H groups in total. The molecule has 0 saturated heterocycles. The van der Waals surface area contributed by atoms with Crippen LogP contribution in [0.2, 0.25) is 0 Å². The maximum atomic E-state index is 14.0. The number of hydrogen-bond donors (Lipinski definition) is 1. The van der Waals surface area contributed by atoms with Crippen molar-refractivity contribution in [1.29, 1.82) is 0 Å². The molecular formula is C29H37N3O5. The van der Waals surface area contributed by atoms with Crippen LogP contribution in [-0.2, 0) is 26.4 Å². The Balaban J connectivity index is 0.00000235. The molecule has 37 heavy (non-hydrogen) atoms. The zero-order chi connectivity index (χ0) is 27.8. The highest BCUT2D eigenvalue weighted by Gasteiger charge is 2.50. The third-order valence-electron chi connectivity index (χ3n) is 5.26. The van der Waals surface area contributed by atoms with Crippen LogP contribution in [0.15, 0.2) is 71.7 Å². The van der Waals surface area contributed by atoms with Gasteiger partial charge < -0.3 is 9.47 Å². The molecule has 1 aliphatic rings. The van der Waals surface area contributed by atoms with E-state index in [0.717, 1.165) is 5.57 Å². The van der Waals surface area contributed by atoms with Crippen molar-refractivity contribution < 1.29 is 23.9 Å². The first kappa shape index (κ1) is 29.3. The summed E-state index contributed by atoms with van der Waals surface area (Å²) in [6, 6.07) is 16.0. The van der Waals surface area contributed by atoms with E-state index in [1.54, 1.807) is 45.0 Å². The molecule has 8 nitrogen and oxygen atoms in total. The van der Waals surface area contributed by atoms with E-state index in [4.69, 9.17) is 14.5 Å². The molecular weight excluding hydrogens is 470 g/mol. The number of rotatable bonds is 6. The maximum Gasteiger partial charge on any atom is 0.414 e. The standard InChI is InChI=1S/C27H31N3O5.C2H6/c1-18(2)16-27(21-13-8-7-9-14-21)23(32)30(24(29-27)28-25(33)35-26(3,4)5)17-19-11-10-12-20(15-19)22(31)34-6;1-2/h7-15H,1,16-17H2,2-6H3,(H,28,29,33);1-2H3. The van der Waals surface area contributed by atoms with E-state index in [2.05, 4.69) is 11.9 Å². The number of aliphatic imine (C=N–C) groups is 1. The number of methoxy groups -OCH3 is 1. The number of carbonyl (C=O) groups is 3. The summed E-state index contributed by atoms with van der Waals surface area (Å²) in [5.41, 5.74) is 0.434. The van der Waals surface area contributed by atoms with Crippen LogP contribution >= 0.6 is 0 Å². The predicted octanol–water partition coefficient (Wildman–Crippen LogP) is 5.58. The summed E-state index contributed by atoms with van der Waals surface area (Å²) in [6.07, 6.45) is -0.467. The van der Waals surface area contributed by atoms with Crippen LogP contribution in [0.25, 0.3) is 0 Å². The average molecular weight is 508 g/mol.